The molecule has 0 fully saturated rings. The Bertz CT molecular complexity index is 1090. The predicted octanol–water partition coefficient (Wildman–Crippen LogP) is 4.19. The molecule has 1 amide bonds. The van der Waals surface area contributed by atoms with E-state index >= 15 is 0 Å². The summed E-state index contributed by atoms with van der Waals surface area (Å²) in [6.45, 7) is 5.95. The SMILES string of the molecule is CC(C)Cn1ccc2cc(NC(=O)c3cn(Cc4ccccc4)nn3)ccc21. The average Bonchev–Trinajstić information content (AvgIpc) is 3.29. The van der Waals surface area contributed by atoms with E-state index < -0.39 is 0 Å². The summed E-state index contributed by atoms with van der Waals surface area (Å²) in [5, 5.41) is 12.1. The van der Waals surface area contributed by atoms with Gasteiger partial charge < -0.3 is 9.88 Å². The van der Waals surface area contributed by atoms with Crippen molar-refractivity contribution in [2.45, 2.75) is 26.9 Å². The lowest BCUT2D eigenvalue weighted by molar-refractivity contribution is 0.102. The van der Waals surface area contributed by atoms with Crippen molar-refractivity contribution in [3.8, 4) is 0 Å². The minimum atomic E-state index is -0.264. The summed E-state index contributed by atoms with van der Waals surface area (Å²) in [4.78, 5) is 12.5. The number of nitrogens with one attached hydrogen (secondary N) is 1. The fraction of sp³-hybridized carbons (Fsp3) is 0.227. The topological polar surface area (TPSA) is 64.7 Å². The molecule has 0 saturated carbocycles. The second-order valence-corrected chi connectivity index (χ2v) is 7.38. The Labute approximate surface area is 163 Å². The molecule has 0 saturated heterocycles. The first-order chi connectivity index (χ1) is 13.6. The Morgan fingerprint density at radius 1 is 1.11 bits per heavy atom. The Morgan fingerprint density at radius 3 is 2.71 bits per heavy atom. The summed E-state index contributed by atoms with van der Waals surface area (Å²) in [6, 6.07) is 18.0. The fourth-order valence-corrected chi connectivity index (χ4v) is 3.28. The Balaban J connectivity index is 1.46. The first-order valence-electron chi connectivity index (χ1n) is 9.43. The molecular formula is C22H23N5O. The van der Waals surface area contributed by atoms with Crippen LogP contribution in [0.25, 0.3) is 10.9 Å². The maximum Gasteiger partial charge on any atom is 0.277 e. The molecule has 0 bridgehead atoms. The van der Waals surface area contributed by atoms with Gasteiger partial charge >= 0.3 is 0 Å². The molecule has 6 heteroatoms. The third kappa shape index (κ3) is 3.96. The van der Waals surface area contributed by atoms with Crippen LogP contribution in [0, 0.1) is 5.92 Å². The van der Waals surface area contributed by atoms with E-state index in [1.54, 1.807) is 10.9 Å². The zero-order valence-corrected chi connectivity index (χ0v) is 16.0. The van der Waals surface area contributed by atoms with Crippen molar-refractivity contribution >= 4 is 22.5 Å². The number of anilines is 1. The van der Waals surface area contributed by atoms with Gasteiger partial charge in [0.05, 0.1) is 12.7 Å². The van der Waals surface area contributed by atoms with E-state index in [1.807, 2.05) is 48.5 Å². The summed E-state index contributed by atoms with van der Waals surface area (Å²) in [6.07, 6.45) is 3.76. The van der Waals surface area contributed by atoms with E-state index in [-0.39, 0.29) is 5.91 Å². The number of benzene rings is 2. The molecule has 4 aromatic rings. The van der Waals surface area contributed by atoms with Gasteiger partial charge in [0, 0.05) is 29.3 Å². The van der Waals surface area contributed by atoms with Gasteiger partial charge in [0.1, 0.15) is 0 Å². The van der Waals surface area contributed by atoms with Crippen LogP contribution >= 0.6 is 0 Å². The summed E-state index contributed by atoms with van der Waals surface area (Å²) < 4.78 is 3.90. The van der Waals surface area contributed by atoms with Crippen molar-refractivity contribution in [2.75, 3.05) is 5.32 Å². The van der Waals surface area contributed by atoms with Crippen molar-refractivity contribution in [3.63, 3.8) is 0 Å². The van der Waals surface area contributed by atoms with E-state index in [1.165, 1.54) is 5.52 Å². The monoisotopic (exact) mass is 373 g/mol. The molecule has 0 unspecified atom stereocenters. The van der Waals surface area contributed by atoms with Crippen LogP contribution in [0.5, 0.6) is 0 Å². The molecule has 2 aromatic carbocycles. The molecule has 0 spiro atoms. The summed E-state index contributed by atoms with van der Waals surface area (Å²) in [7, 11) is 0. The van der Waals surface area contributed by atoms with E-state index in [4.69, 9.17) is 0 Å². The highest BCUT2D eigenvalue weighted by molar-refractivity contribution is 6.03. The normalized spacial score (nSPS) is 11.2. The Hall–Kier alpha value is -3.41. The molecular weight excluding hydrogens is 350 g/mol. The van der Waals surface area contributed by atoms with Crippen LogP contribution in [0.4, 0.5) is 5.69 Å². The highest BCUT2D eigenvalue weighted by atomic mass is 16.2. The molecule has 0 aliphatic heterocycles. The van der Waals surface area contributed by atoms with E-state index in [9.17, 15) is 4.79 Å². The summed E-state index contributed by atoms with van der Waals surface area (Å²) in [5.41, 5.74) is 3.32. The average molecular weight is 373 g/mol. The van der Waals surface area contributed by atoms with Gasteiger partial charge in [0.2, 0.25) is 0 Å². The van der Waals surface area contributed by atoms with Gasteiger partial charge in [-0.05, 0) is 35.7 Å². The number of amides is 1. The van der Waals surface area contributed by atoms with Crippen LogP contribution in [0.1, 0.15) is 29.9 Å². The highest BCUT2D eigenvalue weighted by Crippen LogP contribution is 2.22. The van der Waals surface area contributed by atoms with Crippen molar-refractivity contribution < 1.29 is 4.79 Å². The number of fused-ring (bicyclic) bond motifs is 1. The maximum absolute atomic E-state index is 12.5. The summed E-state index contributed by atoms with van der Waals surface area (Å²) >= 11 is 0. The van der Waals surface area contributed by atoms with Crippen molar-refractivity contribution in [3.05, 3.63) is 78.2 Å². The first kappa shape index (κ1) is 18.0. The second-order valence-electron chi connectivity index (χ2n) is 7.38. The van der Waals surface area contributed by atoms with Crippen LogP contribution < -0.4 is 5.32 Å². The molecule has 4 rings (SSSR count). The van der Waals surface area contributed by atoms with Gasteiger partial charge in [-0.1, -0.05) is 49.4 Å². The van der Waals surface area contributed by atoms with Crippen molar-refractivity contribution in [2.24, 2.45) is 5.92 Å². The van der Waals surface area contributed by atoms with Crippen molar-refractivity contribution in [1.29, 1.82) is 0 Å². The van der Waals surface area contributed by atoms with Crippen LogP contribution in [0.3, 0.4) is 0 Å². The molecule has 2 aromatic heterocycles. The second kappa shape index (κ2) is 7.68. The minimum Gasteiger partial charge on any atom is -0.347 e. The molecule has 28 heavy (non-hydrogen) atoms. The van der Waals surface area contributed by atoms with Gasteiger partial charge in [-0.2, -0.15) is 0 Å². The standard InChI is InChI=1S/C22H23N5O/c1-16(2)13-26-11-10-18-12-19(8-9-21(18)26)23-22(28)20-15-27(25-24-20)14-17-6-4-3-5-7-17/h3-12,15-16H,13-14H2,1-2H3,(H,23,28). The third-order valence-electron chi connectivity index (χ3n) is 4.55. The number of rotatable bonds is 6. The van der Waals surface area contributed by atoms with Crippen LogP contribution in [0.15, 0.2) is 67.0 Å². The Morgan fingerprint density at radius 2 is 1.93 bits per heavy atom. The van der Waals surface area contributed by atoms with Gasteiger partial charge in [-0.15, -0.1) is 5.10 Å². The van der Waals surface area contributed by atoms with Gasteiger partial charge in [-0.3, -0.25) is 4.79 Å². The zero-order valence-electron chi connectivity index (χ0n) is 16.0. The number of nitrogens with zero attached hydrogens (tertiary/aromatic N) is 4. The number of carbonyl (C=O) groups is 1. The largest absolute Gasteiger partial charge is 0.347 e. The number of hydrogen-bond donors (Lipinski definition) is 1. The van der Waals surface area contributed by atoms with E-state index in [0.717, 1.165) is 23.2 Å². The smallest absolute Gasteiger partial charge is 0.277 e. The number of hydrogen-bond acceptors (Lipinski definition) is 3. The predicted molar refractivity (Wildman–Crippen MR) is 110 cm³/mol. The van der Waals surface area contributed by atoms with E-state index in [0.29, 0.717) is 18.2 Å². The van der Waals surface area contributed by atoms with Crippen LogP contribution in [-0.4, -0.2) is 25.5 Å². The lowest BCUT2D eigenvalue weighted by Crippen LogP contribution is -2.12. The van der Waals surface area contributed by atoms with Gasteiger partial charge in [0.15, 0.2) is 5.69 Å². The summed E-state index contributed by atoms with van der Waals surface area (Å²) in [5.74, 6) is 0.314. The van der Waals surface area contributed by atoms with Crippen LogP contribution in [0.2, 0.25) is 0 Å². The minimum absolute atomic E-state index is 0.264. The number of carbonyl (C=O) groups excluding carboxylic acids is 1. The molecule has 6 nitrogen and oxygen atoms in total. The quantitative estimate of drug-likeness (QED) is 0.551. The molecule has 2 heterocycles. The van der Waals surface area contributed by atoms with Crippen molar-refractivity contribution in [1.82, 2.24) is 19.6 Å². The lowest BCUT2D eigenvalue weighted by Gasteiger charge is -2.09. The molecule has 0 radical (unpaired) electrons. The molecule has 0 aliphatic rings. The first-order valence-corrected chi connectivity index (χ1v) is 9.43. The molecule has 142 valence electrons. The van der Waals surface area contributed by atoms with E-state index in [2.05, 4.69) is 46.3 Å². The maximum atomic E-state index is 12.5. The third-order valence-corrected chi connectivity index (χ3v) is 4.55. The van der Waals surface area contributed by atoms with Gasteiger partial charge in [-0.25, -0.2) is 4.68 Å². The highest BCUT2D eigenvalue weighted by Gasteiger charge is 2.12. The molecule has 0 aliphatic carbocycles. The molecule has 0 atom stereocenters. The zero-order chi connectivity index (χ0) is 19.5. The fourth-order valence-electron chi connectivity index (χ4n) is 3.28. The Kier molecular flexibility index (Phi) is 4.93. The number of aromatic nitrogens is 4. The molecule has 1 N–H and O–H groups in total. The van der Waals surface area contributed by atoms with Crippen LogP contribution in [-0.2, 0) is 13.1 Å². The lowest BCUT2D eigenvalue weighted by atomic mass is 10.2. The van der Waals surface area contributed by atoms with Gasteiger partial charge in [0.25, 0.3) is 5.91 Å².